The second-order valence-corrected chi connectivity index (χ2v) is 8.63. The summed E-state index contributed by atoms with van der Waals surface area (Å²) in [7, 11) is 0. The van der Waals surface area contributed by atoms with Crippen LogP contribution in [0.25, 0.3) is 11.0 Å². The van der Waals surface area contributed by atoms with Crippen LogP contribution in [0.15, 0.2) is 42.5 Å². The van der Waals surface area contributed by atoms with E-state index in [0.29, 0.717) is 36.0 Å². The molecule has 0 spiro atoms. The zero-order valence-corrected chi connectivity index (χ0v) is 19.3. The lowest BCUT2D eigenvalue weighted by Crippen LogP contribution is -2.44. The molecule has 0 atom stereocenters. The summed E-state index contributed by atoms with van der Waals surface area (Å²) in [6.07, 6.45) is -3.23. The van der Waals surface area contributed by atoms with Crippen molar-refractivity contribution in [3.05, 3.63) is 53.6 Å². The number of aromatic nitrogens is 2. The molecule has 3 N–H and O–H groups in total. The van der Waals surface area contributed by atoms with Crippen LogP contribution in [-0.2, 0) is 17.5 Å². The number of alkyl halides is 3. The number of fused-ring (bicyclic) bond motifs is 1. The quantitative estimate of drug-likeness (QED) is 0.373. The molecule has 35 heavy (non-hydrogen) atoms. The van der Waals surface area contributed by atoms with Crippen molar-refractivity contribution >= 4 is 35.0 Å². The molecule has 11 heteroatoms. The molecular formula is C24H27F3N4O4. The Balaban J connectivity index is 2.00. The molecule has 8 nitrogen and oxygen atoms in total. The number of hydrogen-bond acceptors (Lipinski definition) is 5. The molecule has 0 bridgehead atoms. The Morgan fingerprint density at radius 2 is 1.89 bits per heavy atom. The van der Waals surface area contributed by atoms with Gasteiger partial charge in [-0.15, -0.1) is 0 Å². The van der Waals surface area contributed by atoms with Crippen LogP contribution in [0.4, 0.5) is 24.8 Å². The highest BCUT2D eigenvalue weighted by Crippen LogP contribution is 2.31. The number of imidazole rings is 1. The summed E-state index contributed by atoms with van der Waals surface area (Å²) in [6, 6.07) is 9.13. The second kappa shape index (κ2) is 10.4. The standard InChI is InChI=1S/C24H27F3N4O4/c1-23(2,9-12-33)31(15-34)18-7-8-20-19(14-18)28-22(30(20)10-4-11-32)29-21(35)16-5-3-6-17(13-16)24(25,26)27/h3,5-8,13-15,32-33H,4,9-12H2,1-2H3,(H,28,29,35). The predicted molar refractivity (Wildman–Crippen MR) is 125 cm³/mol. The van der Waals surface area contributed by atoms with Gasteiger partial charge in [-0.3, -0.25) is 14.9 Å². The number of anilines is 2. The van der Waals surface area contributed by atoms with Crippen molar-refractivity contribution in [1.29, 1.82) is 0 Å². The van der Waals surface area contributed by atoms with E-state index in [1.807, 2.05) is 13.8 Å². The van der Waals surface area contributed by atoms with E-state index in [1.165, 1.54) is 11.0 Å². The van der Waals surface area contributed by atoms with E-state index in [0.717, 1.165) is 18.2 Å². The highest BCUT2D eigenvalue weighted by molar-refractivity contribution is 6.04. The van der Waals surface area contributed by atoms with Gasteiger partial charge in [0.05, 0.1) is 16.6 Å². The second-order valence-electron chi connectivity index (χ2n) is 8.63. The van der Waals surface area contributed by atoms with Gasteiger partial charge in [0, 0.05) is 36.5 Å². The van der Waals surface area contributed by atoms with Gasteiger partial charge < -0.3 is 19.7 Å². The summed E-state index contributed by atoms with van der Waals surface area (Å²) in [4.78, 5) is 30.5. The number of aliphatic hydroxyl groups excluding tert-OH is 2. The van der Waals surface area contributed by atoms with E-state index >= 15 is 0 Å². The smallest absolute Gasteiger partial charge is 0.396 e. The van der Waals surface area contributed by atoms with Gasteiger partial charge in [-0.1, -0.05) is 6.07 Å². The van der Waals surface area contributed by atoms with E-state index in [9.17, 15) is 33.0 Å². The number of carbonyl (C=O) groups excluding carboxylic acids is 2. The number of nitrogens with one attached hydrogen (secondary N) is 1. The minimum atomic E-state index is -4.59. The number of aliphatic hydroxyl groups is 2. The van der Waals surface area contributed by atoms with Crippen molar-refractivity contribution in [2.75, 3.05) is 23.4 Å². The number of nitrogens with zero attached hydrogens (tertiary/aromatic N) is 3. The molecular weight excluding hydrogens is 465 g/mol. The molecule has 188 valence electrons. The molecule has 0 saturated heterocycles. The molecule has 3 aromatic rings. The van der Waals surface area contributed by atoms with E-state index in [4.69, 9.17) is 0 Å². The largest absolute Gasteiger partial charge is 0.416 e. The number of carbonyl (C=O) groups is 2. The van der Waals surface area contributed by atoms with Crippen molar-refractivity contribution in [3.8, 4) is 0 Å². The van der Waals surface area contributed by atoms with Crippen LogP contribution in [0.2, 0.25) is 0 Å². The maximum Gasteiger partial charge on any atom is 0.416 e. The van der Waals surface area contributed by atoms with E-state index in [-0.39, 0.29) is 31.3 Å². The lowest BCUT2D eigenvalue weighted by molar-refractivity contribution is -0.137. The van der Waals surface area contributed by atoms with Crippen molar-refractivity contribution in [2.24, 2.45) is 0 Å². The van der Waals surface area contributed by atoms with Gasteiger partial charge in [0.25, 0.3) is 5.91 Å². The van der Waals surface area contributed by atoms with Gasteiger partial charge in [-0.2, -0.15) is 13.2 Å². The zero-order valence-electron chi connectivity index (χ0n) is 19.3. The van der Waals surface area contributed by atoms with Gasteiger partial charge >= 0.3 is 6.18 Å². The average molecular weight is 492 g/mol. The van der Waals surface area contributed by atoms with Crippen LogP contribution in [0, 0.1) is 0 Å². The fourth-order valence-corrected chi connectivity index (χ4v) is 3.78. The zero-order chi connectivity index (χ0) is 25.8. The predicted octanol–water partition coefficient (Wildman–Crippen LogP) is 3.81. The first-order valence-corrected chi connectivity index (χ1v) is 11.0. The molecule has 2 aromatic carbocycles. The summed E-state index contributed by atoms with van der Waals surface area (Å²) in [5.41, 5.74) is -0.237. The maximum absolute atomic E-state index is 13.1. The Kier molecular flexibility index (Phi) is 7.81. The van der Waals surface area contributed by atoms with Crippen LogP contribution >= 0.6 is 0 Å². The van der Waals surface area contributed by atoms with Crippen LogP contribution in [0.1, 0.15) is 42.6 Å². The molecule has 0 aliphatic rings. The first kappa shape index (κ1) is 26.2. The summed E-state index contributed by atoms with van der Waals surface area (Å²) in [6.45, 7) is 3.68. The molecule has 0 aliphatic heterocycles. The number of hydrogen-bond donors (Lipinski definition) is 3. The molecule has 0 fully saturated rings. The summed E-state index contributed by atoms with van der Waals surface area (Å²) < 4.78 is 40.8. The highest BCUT2D eigenvalue weighted by atomic mass is 19.4. The molecule has 3 rings (SSSR count). The Hall–Kier alpha value is -3.44. The molecule has 2 amide bonds. The fraction of sp³-hybridized carbons (Fsp3) is 0.375. The van der Waals surface area contributed by atoms with Crippen LogP contribution in [0.3, 0.4) is 0 Å². The minimum absolute atomic E-state index is 0.0975. The number of rotatable bonds is 10. The van der Waals surface area contributed by atoms with Crippen molar-refractivity contribution in [2.45, 2.75) is 44.9 Å². The Bertz CT molecular complexity index is 1210. The summed E-state index contributed by atoms with van der Waals surface area (Å²) in [5, 5.41) is 21.2. The van der Waals surface area contributed by atoms with Crippen LogP contribution < -0.4 is 10.2 Å². The lowest BCUT2D eigenvalue weighted by Gasteiger charge is -2.35. The third kappa shape index (κ3) is 5.80. The maximum atomic E-state index is 13.1. The molecule has 1 heterocycles. The lowest BCUT2D eigenvalue weighted by atomic mass is 9.98. The topological polar surface area (TPSA) is 108 Å². The van der Waals surface area contributed by atoms with Crippen molar-refractivity contribution < 1.29 is 33.0 Å². The SMILES string of the molecule is CC(C)(CCO)N(C=O)c1ccc2c(c1)nc(NC(=O)c1cccc(C(F)(F)F)c1)n2CCCO. The number of halogens is 3. The average Bonchev–Trinajstić information content (AvgIpc) is 3.13. The van der Waals surface area contributed by atoms with Gasteiger partial charge in [0.2, 0.25) is 12.4 Å². The van der Waals surface area contributed by atoms with E-state index in [2.05, 4.69) is 10.3 Å². The van der Waals surface area contributed by atoms with Gasteiger partial charge in [-0.05, 0) is 63.1 Å². The van der Waals surface area contributed by atoms with E-state index < -0.39 is 23.2 Å². The Labute approximate surface area is 200 Å². The van der Waals surface area contributed by atoms with Crippen LogP contribution in [0.5, 0.6) is 0 Å². The van der Waals surface area contributed by atoms with Gasteiger partial charge in [-0.25, -0.2) is 4.98 Å². The Morgan fingerprint density at radius 1 is 1.14 bits per heavy atom. The fourth-order valence-electron chi connectivity index (χ4n) is 3.78. The van der Waals surface area contributed by atoms with Crippen LogP contribution in [-0.4, -0.2) is 50.8 Å². The molecule has 0 saturated carbocycles. The number of benzene rings is 2. The molecule has 0 unspecified atom stereocenters. The monoisotopic (exact) mass is 492 g/mol. The summed E-state index contributed by atoms with van der Waals surface area (Å²) >= 11 is 0. The molecule has 0 aliphatic carbocycles. The first-order valence-electron chi connectivity index (χ1n) is 11.0. The highest BCUT2D eigenvalue weighted by Gasteiger charge is 2.31. The molecule has 0 radical (unpaired) electrons. The van der Waals surface area contributed by atoms with Gasteiger partial charge in [0.1, 0.15) is 0 Å². The Morgan fingerprint density at radius 3 is 2.51 bits per heavy atom. The van der Waals surface area contributed by atoms with E-state index in [1.54, 1.807) is 22.8 Å². The number of amides is 2. The minimum Gasteiger partial charge on any atom is -0.396 e. The normalized spacial score (nSPS) is 12.1. The third-order valence-corrected chi connectivity index (χ3v) is 5.71. The third-order valence-electron chi connectivity index (χ3n) is 5.71. The van der Waals surface area contributed by atoms with Gasteiger partial charge in [0.15, 0.2) is 0 Å². The summed E-state index contributed by atoms with van der Waals surface area (Å²) in [5.74, 6) is -0.671. The number of aryl methyl sites for hydroxylation is 1. The molecule has 1 aromatic heterocycles. The van der Waals surface area contributed by atoms with Crippen molar-refractivity contribution in [3.63, 3.8) is 0 Å². The first-order chi connectivity index (χ1) is 16.5. The van der Waals surface area contributed by atoms with Crippen molar-refractivity contribution in [1.82, 2.24) is 9.55 Å².